The fraction of sp³-hybridized carbons (Fsp3) is 0.300. The second-order valence-corrected chi connectivity index (χ2v) is 5.98. The summed E-state index contributed by atoms with van der Waals surface area (Å²) in [5.74, 6) is -0.0409. The van der Waals surface area contributed by atoms with Gasteiger partial charge in [0, 0.05) is 19.0 Å². The molecule has 0 spiro atoms. The summed E-state index contributed by atoms with van der Waals surface area (Å²) < 4.78 is 0. The molecule has 0 atom stereocenters. The van der Waals surface area contributed by atoms with E-state index >= 15 is 0 Å². The summed E-state index contributed by atoms with van der Waals surface area (Å²) in [5.41, 5.74) is 2.04. The first-order valence-corrected chi connectivity index (χ1v) is 8.08. The van der Waals surface area contributed by atoms with Crippen LogP contribution in [0, 0.1) is 17.2 Å². The molecule has 1 amide bonds. The van der Waals surface area contributed by atoms with Crippen molar-refractivity contribution in [2.45, 2.75) is 18.8 Å². The van der Waals surface area contributed by atoms with Gasteiger partial charge in [0.25, 0.3) is 0 Å². The molecule has 1 saturated heterocycles. The molecule has 1 aliphatic rings. The number of piperidine rings is 1. The number of hydrogen-bond acceptors (Lipinski definition) is 2. The van der Waals surface area contributed by atoms with Gasteiger partial charge in [0.1, 0.15) is 0 Å². The van der Waals surface area contributed by atoms with E-state index in [1.165, 1.54) is 0 Å². The molecule has 3 rings (SSSR count). The van der Waals surface area contributed by atoms with Crippen LogP contribution < -0.4 is 0 Å². The fourth-order valence-corrected chi connectivity index (χ4v) is 3.18. The topological polar surface area (TPSA) is 44.1 Å². The molecular formula is C20H20N2O. The lowest BCUT2D eigenvalue weighted by Crippen LogP contribution is -2.41. The first kappa shape index (κ1) is 15.3. The average Bonchev–Trinajstić information content (AvgIpc) is 2.64. The quantitative estimate of drug-likeness (QED) is 0.870. The molecule has 0 N–H and O–H groups in total. The maximum atomic E-state index is 13.1. The molecule has 0 saturated carbocycles. The van der Waals surface area contributed by atoms with Crippen LogP contribution in [-0.2, 0) is 4.79 Å². The molecule has 0 bridgehead atoms. The van der Waals surface area contributed by atoms with Crippen LogP contribution in [0.15, 0.2) is 60.7 Å². The standard InChI is InChI=1S/C20H20N2O/c21-15-16-11-13-22(14-12-16)20(23)19(17-7-3-1-4-8-17)18-9-5-2-6-10-18/h1-10,16,19H,11-14H2. The van der Waals surface area contributed by atoms with Crippen molar-refractivity contribution >= 4 is 5.91 Å². The van der Waals surface area contributed by atoms with E-state index in [1.807, 2.05) is 65.6 Å². The van der Waals surface area contributed by atoms with Gasteiger partial charge in [-0.15, -0.1) is 0 Å². The minimum atomic E-state index is -0.268. The van der Waals surface area contributed by atoms with E-state index in [4.69, 9.17) is 5.26 Å². The van der Waals surface area contributed by atoms with Crippen molar-refractivity contribution in [1.82, 2.24) is 4.90 Å². The number of likely N-dealkylation sites (tertiary alicyclic amines) is 1. The number of rotatable bonds is 3. The van der Waals surface area contributed by atoms with Gasteiger partial charge in [-0.25, -0.2) is 0 Å². The summed E-state index contributed by atoms with van der Waals surface area (Å²) in [4.78, 5) is 15.1. The van der Waals surface area contributed by atoms with Crippen LogP contribution in [0.2, 0.25) is 0 Å². The highest BCUT2D eigenvalue weighted by molar-refractivity contribution is 5.87. The van der Waals surface area contributed by atoms with E-state index in [-0.39, 0.29) is 17.7 Å². The molecule has 0 radical (unpaired) electrons. The Balaban J connectivity index is 1.87. The van der Waals surface area contributed by atoms with Crippen molar-refractivity contribution in [3.8, 4) is 6.07 Å². The predicted molar refractivity (Wildman–Crippen MR) is 89.6 cm³/mol. The Morgan fingerprint density at radius 3 is 1.87 bits per heavy atom. The van der Waals surface area contributed by atoms with Crippen LogP contribution in [0.25, 0.3) is 0 Å². The maximum Gasteiger partial charge on any atom is 0.234 e. The van der Waals surface area contributed by atoms with Gasteiger partial charge >= 0.3 is 0 Å². The molecule has 23 heavy (non-hydrogen) atoms. The van der Waals surface area contributed by atoms with E-state index < -0.39 is 0 Å². The second kappa shape index (κ2) is 7.11. The van der Waals surface area contributed by atoms with Crippen LogP contribution in [0.1, 0.15) is 29.9 Å². The Bertz CT molecular complexity index is 643. The SMILES string of the molecule is N#CC1CCN(C(=O)C(c2ccccc2)c2ccccc2)CC1. The monoisotopic (exact) mass is 304 g/mol. The number of carbonyl (C=O) groups is 1. The van der Waals surface area contributed by atoms with Crippen molar-refractivity contribution in [1.29, 1.82) is 5.26 Å². The minimum Gasteiger partial charge on any atom is -0.342 e. The number of carbonyl (C=O) groups excluding carboxylic acids is 1. The largest absolute Gasteiger partial charge is 0.342 e. The number of hydrogen-bond donors (Lipinski definition) is 0. The molecular weight excluding hydrogens is 284 g/mol. The Hall–Kier alpha value is -2.60. The molecule has 2 aromatic carbocycles. The molecule has 2 aromatic rings. The molecule has 1 fully saturated rings. The number of nitriles is 1. The molecule has 0 unspecified atom stereocenters. The number of amides is 1. The van der Waals surface area contributed by atoms with Crippen LogP contribution in [0.3, 0.4) is 0 Å². The van der Waals surface area contributed by atoms with E-state index in [0.29, 0.717) is 13.1 Å². The van der Waals surface area contributed by atoms with Crippen molar-refractivity contribution in [2.75, 3.05) is 13.1 Å². The van der Waals surface area contributed by atoms with Crippen LogP contribution in [-0.4, -0.2) is 23.9 Å². The highest BCUT2D eigenvalue weighted by Gasteiger charge is 2.30. The third kappa shape index (κ3) is 3.43. The third-order valence-electron chi connectivity index (χ3n) is 4.50. The molecule has 1 heterocycles. The zero-order chi connectivity index (χ0) is 16.1. The minimum absolute atomic E-state index is 0.0888. The van der Waals surface area contributed by atoms with Crippen LogP contribution >= 0.6 is 0 Å². The molecule has 3 nitrogen and oxygen atoms in total. The van der Waals surface area contributed by atoms with Crippen molar-refractivity contribution in [2.24, 2.45) is 5.92 Å². The first-order chi connectivity index (χ1) is 11.3. The van der Waals surface area contributed by atoms with E-state index in [0.717, 1.165) is 24.0 Å². The summed E-state index contributed by atoms with van der Waals surface area (Å²) in [6.45, 7) is 1.35. The van der Waals surface area contributed by atoms with Gasteiger partial charge < -0.3 is 4.90 Å². The third-order valence-corrected chi connectivity index (χ3v) is 4.50. The highest BCUT2D eigenvalue weighted by Crippen LogP contribution is 2.28. The smallest absolute Gasteiger partial charge is 0.234 e. The summed E-state index contributed by atoms with van der Waals surface area (Å²) >= 11 is 0. The van der Waals surface area contributed by atoms with Crippen LogP contribution in [0.4, 0.5) is 0 Å². The van der Waals surface area contributed by atoms with Gasteiger partial charge in [-0.2, -0.15) is 5.26 Å². The van der Waals surface area contributed by atoms with Gasteiger partial charge in [-0.1, -0.05) is 60.7 Å². The summed E-state index contributed by atoms with van der Waals surface area (Å²) in [5, 5.41) is 9.03. The number of benzene rings is 2. The fourth-order valence-electron chi connectivity index (χ4n) is 3.18. The zero-order valence-corrected chi connectivity index (χ0v) is 13.1. The van der Waals surface area contributed by atoms with Gasteiger partial charge in [0.15, 0.2) is 0 Å². The molecule has 0 aliphatic carbocycles. The summed E-state index contributed by atoms with van der Waals surface area (Å²) in [7, 11) is 0. The van der Waals surface area contributed by atoms with Gasteiger partial charge in [-0.3, -0.25) is 4.79 Å². The Kier molecular flexibility index (Phi) is 4.73. The lowest BCUT2D eigenvalue weighted by Gasteiger charge is -2.32. The predicted octanol–water partition coefficient (Wildman–Crippen LogP) is 3.58. The van der Waals surface area contributed by atoms with E-state index in [2.05, 4.69) is 6.07 Å². The highest BCUT2D eigenvalue weighted by atomic mass is 16.2. The van der Waals surface area contributed by atoms with Crippen molar-refractivity contribution in [3.63, 3.8) is 0 Å². The lowest BCUT2D eigenvalue weighted by molar-refractivity contribution is -0.133. The average molecular weight is 304 g/mol. The van der Waals surface area contributed by atoms with Gasteiger partial charge in [0.05, 0.1) is 12.0 Å². The molecule has 116 valence electrons. The zero-order valence-electron chi connectivity index (χ0n) is 13.1. The molecule has 1 aliphatic heterocycles. The second-order valence-electron chi connectivity index (χ2n) is 5.98. The summed E-state index contributed by atoms with van der Waals surface area (Å²) in [6, 6.07) is 22.2. The van der Waals surface area contributed by atoms with Gasteiger partial charge in [-0.05, 0) is 24.0 Å². The lowest BCUT2D eigenvalue weighted by atomic mass is 9.88. The van der Waals surface area contributed by atoms with Gasteiger partial charge in [0.2, 0.25) is 5.91 Å². The van der Waals surface area contributed by atoms with Crippen molar-refractivity contribution in [3.05, 3.63) is 71.8 Å². The van der Waals surface area contributed by atoms with Crippen molar-refractivity contribution < 1.29 is 4.79 Å². The number of nitrogens with zero attached hydrogens (tertiary/aromatic N) is 2. The molecule has 0 aromatic heterocycles. The van der Waals surface area contributed by atoms with E-state index in [1.54, 1.807) is 0 Å². The first-order valence-electron chi connectivity index (χ1n) is 8.08. The van der Waals surface area contributed by atoms with E-state index in [9.17, 15) is 4.79 Å². The molecule has 3 heteroatoms. The Labute approximate surface area is 137 Å². The summed E-state index contributed by atoms with van der Waals surface area (Å²) in [6.07, 6.45) is 1.55. The van der Waals surface area contributed by atoms with Crippen LogP contribution in [0.5, 0.6) is 0 Å². The Morgan fingerprint density at radius 1 is 0.957 bits per heavy atom. The normalized spacial score (nSPS) is 15.4. The maximum absolute atomic E-state index is 13.1. The Morgan fingerprint density at radius 2 is 1.43 bits per heavy atom.